The van der Waals surface area contributed by atoms with E-state index in [4.69, 9.17) is 4.74 Å². The number of aryl methyl sites for hydroxylation is 1. The van der Waals surface area contributed by atoms with Crippen molar-refractivity contribution in [1.82, 2.24) is 30.0 Å². The number of benzene rings is 2. The van der Waals surface area contributed by atoms with Gasteiger partial charge in [0.15, 0.2) is 11.0 Å². The molecule has 1 unspecified atom stereocenters. The molecule has 2 aromatic carbocycles. The van der Waals surface area contributed by atoms with Gasteiger partial charge in [0.1, 0.15) is 16.5 Å². The van der Waals surface area contributed by atoms with Crippen molar-refractivity contribution < 1.29 is 9.53 Å². The molecular weight excluding hydrogens is 528 g/mol. The van der Waals surface area contributed by atoms with E-state index in [-0.39, 0.29) is 11.9 Å². The van der Waals surface area contributed by atoms with Crippen LogP contribution in [0.2, 0.25) is 0 Å². The average molecular weight is 557 g/mol. The van der Waals surface area contributed by atoms with Crippen LogP contribution in [0.25, 0.3) is 17.1 Å². The first-order valence-corrected chi connectivity index (χ1v) is 14.4. The molecule has 1 N–H and O–H groups in total. The maximum absolute atomic E-state index is 12.8. The summed E-state index contributed by atoms with van der Waals surface area (Å²) in [5.74, 6) is 1.76. The van der Waals surface area contributed by atoms with Crippen LogP contribution in [0.1, 0.15) is 34.4 Å². The molecular formula is C29H28N6O2S2. The smallest absolute Gasteiger partial charge is 0.270 e. The Hall–Kier alpha value is -4.02. The van der Waals surface area contributed by atoms with E-state index in [2.05, 4.69) is 37.6 Å². The van der Waals surface area contributed by atoms with Gasteiger partial charge in [0.2, 0.25) is 0 Å². The highest BCUT2D eigenvalue weighted by molar-refractivity contribution is 7.98. The molecule has 0 radical (unpaired) electrons. The van der Waals surface area contributed by atoms with Crippen LogP contribution in [0.15, 0.2) is 89.7 Å². The molecule has 3 aromatic heterocycles. The number of hydrogen-bond donors (Lipinski definition) is 1. The summed E-state index contributed by atoms with van der Waals surface area (Å²) in [4.78, 5) is 21.6. The Morgan fingerprint density at radius 2 is 1.90 bits per heavy atom. The van der Waals surface area contributed by atoms with Crippen molar-refractivity contribution in [1.29, 1.82) is 0 Å². The van der Waals surface area contributed by atoms with E-state index >= 15 is 0 Å². The van der Waals surface area contributed by atoms with Crippen LogP contribution in [-0.4, -0.2) is 43.8 Å². The van der Waals surface area contributed by atoms with Crippen LogP contribution >= 0.6 is 23.1 Å². The molecule has 0 spiro atoms. The number of methoxy groups -OCH3 is 1. The van der Waals surface area contributed by atoms with Gasteiger partial charge in [-0.15, -0.1) is 21.5 Å². The van der Waals surface area contributed by atoms with Gasteiger partial charge in [-0.25, -0.2) is 4.98 Å². The Bertz CT molecular complexity index is 1520. The van der Waals surface area contributed by atoms with Gasteiger partial charge in [-0.3, -0.25) is 14.3 Å². The van der Waals surface area contributed by atoms with Gasteiger partial charge < -0.3 is 10.1 Å². The van der Waals surface area contributed by atoms with Crippen molar-refractivity contribution >= 4 is 29.0 Å². The van der Waals surface area contributed by atoms with E-state index in [1.165, 1.54) is 28.7 Å². The highest BCUT2D eigenvalue weighted by Gasteiger charge is 2.20. The van der Waals surface area contributed by atoms with Gasteiger partial charge in [0.05, 0.1) is 18.6 Å². The first kappa shape index (κ1) is 26.6. The summed E-state index contributed by atoms with van der Waals surface area (Å²) >= 11 is 2.97. The summed E-state index contributed by atoms with van der Waals surface area (Å²) in [6, 6.07) is 21.9. The first-order chi connectivity index (χ1) is 19.1. The lowest BCUT2D eigenvalue weighted by Crippen LogP contribution is -2.33. The van der Waals surface area contributed by atoms with Crippen LogP contribution in [0.4, 0.5) is 0 Å². The molecule has 0 saturated carbocycles. The molecule has 1 amide bonds. The van der Waals surface area contributed by atoms with Gasteiger partial charge in [-0.1, -0.05) is 54.2 Å². The predicted octanol–water partition coefficient (Wildman–Crippen LogP) is 5.84. The number of para-hydroxylation sites is 2. The quantitative estimate of drug-likeness (QED) is 0.204. The van der Waals surface area contributed by atoms with E-state index in [1.807, 2.05) is 66.1 Å². The molecule has 1 atom stereocenters. The predicted molar refractivity (Wildman–Crippen MR) is 155 cm³/mol. The summed E-state index contributed by atoms with van der Waals surface area (Å²) in [5.41, 5.74) is 3.37. The Morgan fingerprint density at radius 3 is 2.69 bits per heavy atom. The molecule has 10 heteroatoms. The fourth-order valence-electron chi connectivity index (χ4n) is 4.08. The average Bonchev–Trinajstić information content (AvgIpc) is 3.63. The molecule has 5 rings (SSSR count). The number of thioether (sulfide) groups is 1. The van der Waals surface area contributed by atoms with E-state index in [9.17, 15) is 4.79 Å². The summed E-state index contributed by atoms with van der Waals surface area (Å²) in [5, 5.41) is 15.3. The third-order valence-corrected chi connectivity index (χ3v) is 8.05. The van der Waals surface area contributed by atoms with Crippen LogP contribution in [-0.2, 0) is 12.2 Å². The van der Waals surface area contributed by atoms with Gasteiger partial charge >= 0.3 is 0 Å². The molecule has 0 bridgehead atoms. The summed E-state index contributed by atoms with van der Waals surface area (Å²) < 4.78 is 7.59. The fourth-order valence-corrected chi connectivity index (χ4v) is 5.82. The number of pyridine rings is 1. The Balaban J connectivity index is 1.28. The van der Waals surface area contributed by atoms with E-state index in [0.717, 1.165) is 29.1 Å². The normalized spacial score (nSPS) is 11.7. The number of ether oxygens (including phenoxy) is 1. The van der Waals surface area contributed by atoms with Crippen LogP contribution in [0, 0.1) is 0 Å². The van der Waals surface area contributed by atoms with E-state index in [1.54, 1.807) is 24.9 Å². The standard InChI is InChI=1S/C29H28N6O2S2/c1-20(14-15-21-9-4-3-5-10-21)31-28(36)23-18-38-26(32-23)19-39-29-34-33-27(22-11-8-16-30-17-22)35(29)24-12-6-7-13-25(24)37-2/h3-13,16-18,20H,14-15,19H2,1-2H3,(H,31,36). The molecule has 39 heavy (non-hydrogen) atoms. The number of aromatic nitrogens is 5. The lowest BCUT2D eigenvalue weighted by atomic mass is 10.1. The zero-order chi connectivity index (χ0) is 27.0. The molecule has 0 saturated heterocycles. The van der Waals surface area contributed by atoms with Crippen molar-refractivity contribution in [3.8, 4) is 22.8 Å². The van der Waals surface area contributed by atoms with Crippen molar-refractivity contribution in [2.24, 2.45) is 0 Å². The van der Waals surface area contributed by atoms with E-state index in [0.29, 0.717) is 28.2 Å². The lowest BCUT2D eigenvalue weighted by Gasteiger charge is -2.13. The number of nitrogens with zero attached hydrogens (tertiary/aromatic N) is 5. The van der Waals surface area contributed by atoms with Crippen LogP contribution in [0.5, 0.6) is 5.75 Å². The van der Waals surface area contributed by atoms with Gasteiger partial charge in [-0.05, 0) is 49.6 Å². The molecule has 0 aliphatic rings. The second-order valence-corrected chi connectivity index (χ2v) is 10.8. The van der Waals surface area contributed by atoms with Crippen LogP contribution < -0.4 is 10.1 Å². The van der Waals surface area contributed by atoms with Crippen LogP contribution in [0.3, 0.4) is 0 Å². The molecule has 8 nitrogen and oxygen atoms in total. The zero-order valence-corrected chi connectivity index (χ0v) is 23.3. The van der Waals surface area contributed by atoms with Gasteiger partial charge in [-0.2, -0.15) is 0 Å². The zero-order valence-electron chi connectivity index (χ0n) is 21.7. The number of hydrogen-bond acceptors (Lipinski definition) is 8. The third kappa shape index (κ3) is 6.52. The number of rotatable bonds is 11. The topological polar surface area (TPSA) is 94.8 Å². The van der Waals surface area contributed by atoms with Crippen molar-refractivity contribution in [3.05, 3.63) is 101 Å². The van der Waals surface area contributed by atoms with E-state index < -0.39 is 0 Å². The van der Waals surface area contributed by atoms with Crippen molar-refractivity contribution in [3.63, 3.8) is 0 Å². The Morgan fingerprint density at radius 1 is 1.08 bits per heavy atom. The number of carbonyl (C=O) groups excluding carboxylic acids is 1. The minimum atomic E-state index is -0.154. The highest BCUT2D eigenvalue weighted by atomic mass is 32.2. The first-order valence-electron chi connectivity index (χ1n) is 12.5. The highest BCUT2D eigenvalue weighted by Crippen LogP contribution is 2.33. The van der Waals surface area contributed by atoms with Gasteiger partial charge in [0.25, 0.3) is 5.91 Å². The molecule has 198 valence electrons. The summed E-state index contributed by atoms with van der Waals surface area (Å²) in [7, 11) is 1.64. The number of thiazole rings is 1. The maximum atomic E-state index is 12.8. The number of nitrogens with one attached hydrogen (secondary N) is 1. The maximum Gasteiger partial charge on any atom is 0.270 e. The fraction of sp³-hybridized carbons (Fsp3) is 0.207. The van der Waals surface area contributed by atoms with Gasteiger partial charge in [0, 0.05) is 29.4 Å². The van der Waals surface area contributed by atoms with Crippen molar-refractivity contribution in [2.45, 2.75) is 36.7 Å². The van der Waals surface area contributed by atoms with Crippen molar-refractivity contribution in [2.75, 3.05) is 7.11 Å². The molecule has 3 heterocycles. The monoisotopic (exact) mass is 556 g/mol. The summed E-state index contributed by atoms with van der Waals surface area (Å²) in [6.45, 7) is 2.02. The number of carbonyl (C=O) groups is 1. The second-order valence-electron chi connectivity index (χ2n) is 8.87. The minimum absolute atomic E-state index is 0.0440. The molecule has 0 aliphatic heterocycles. The Kier molecular flexibility index (Phi) is 8.65. The summed E-state index contributed by atoms with van der Waals surface area (Å²) in [6.07, 6.45) is 5.26. The SMILES string of the molecule is COc1ccccc1-n1c(SCc2nc(C(=O)NC(C)CCc3ccccc3)cs2)nnc1-c1cccnc1. The lowest BCUT2D eigenvalue weighted by molar-refractivity contribution is 0.0934. The number of amides is 1. The Labute approximate surface area is 235 Å². The molecule has 0 aliphatic carbocycles. The third-order valence-electron chi connectivity index (χ3n) is 6.07. The second kappa shape index (κ2) is 12.7. The largest absolute Gasteiger partial charge is 0.495 e. The molecule has 5 aromatic rings. The molecule has 0 fully saturated rings. The minimum Gasteiger partial charge on any atom is -0.495 e.